The lowest BCUT2D eigenvalue weighted by Gasteiger charge is -2.16. The maximum absolute atomic E-state index is 13.4. The lowest BCUT2D eigenvalue weighted by Crippen LogP contribution is -2.32. The highest BCUT2D eigenvalue weighted by Crippen LogP contribution is 2.37. The van der Waals surface area contributed by atoms with Gasteiger partial charge in [0, 0.05) is 32.5 Å². The topological polar surface area (TPSA) is 200 Å². The van der Waals surface area contributed by atoms with Crippen LogP contribution < -0.4 is 21.3 Å². The van der Waals surface area contributed by atoms with Crippen molar-refractivity contribution in [3.05, 3.63) is 135 Å². The van der Waals surface area contributed by atoms with Crippen LogP contribution in [0.25, 0.3) is 0 Å². The number of amides is 4. The smallest absolute Gasteiger partial charge is 0.258 e. The van der Waals surface area contributed by atoms with E-state index in [-0.39, 0.29) is 85.4 Å². The van der Waals surface area contributed by atoms with Gasteiger partial charge in [0.05, 0.1) is 52.9 Å². The molecule has 5 rings (SSSR count). The molecule has 4 N–H and O–H groups in total. The molecule has 0 aliphatic rings. The normalized spacial score (nSPS) is 12.2. The van der Waals surface area contributed by atoms with Crippen LogP contribution in [0, 0.1) is 13.8 Å². The molecular weight excluding hydrogens is 996 g/mol. The first-order chi connectivity index (χ1) is 30.1. The van der Waals surface area contributed by atoms with Gasteiger partial charge < -0.3 is 21.3 Å². The number of anilines is 4. The molecule has 0 bridgehead atoms. The highest BCUT2D eigenvalue weighted by atomic mass is 35.5. The van der Waals surface area contributed by atoms with E-state index in [9.17, 15) is 28.8 Å². The molecule has 5 aromatic carbocycles. The van der Waals surface area contributed by atoms with Gasteiger partial charge in [0.25, 0.3) is 23.6 Å². The number of nitrogens with one attached hydrogen (secondary N) is 4. The molecule has 0 heterocycles. The number of Topliss-reactive ketones (excluding diaryl/α,β-unsaturated/α-hetero) is 2. The minimum Gasteiger partial charge on any atom is -0.324 e. The Hall–Kier alpha value is -5.16. The predicted octanol–water partition coefficient (Wildman–Crippen LogP) is 13.4. The zero-order chi connectivity index (χ0) is 47.2. The lowest BCUT2D eigenvalue weighted by molar-refractivity contribution is -0.127. The zero-order valence-electron chi connectivity index (χ0n) is 33.3. The van der Waals surface area contributed by atoms with E-state index < -0.39 is 47.3 Å². The van der Waals surface area contributed by atoms with Crippen molar-refractivity contribution in [3.8, 4) is 0 Å². The molecule has 0 aliphatic carbocycles. The molecule has 2 unspecified atom stereocenters. The summed E-state index contributed by atoms with van der Waals surface area (Å²) < 4.78 is 0. The Morgan fingerprint density at radius 1 is 0.453 bits per heavy atom. The summed E-state index contributed by atoms with van der Waals surface area (Å²) in [5, 5.41) is 27.2. The maximum atomic E-state index is 13.4. The third kappa shape index (κ3) is 12.5. The van der Waals surface area contributed by atoms with Gasteiger partial charge in [-0.05, 0) is 112 Å². The highest BCUT2D eigenvalue weighted by molar-refractivity contribution is 6.50. The molecule has 0 spiro atoms. The molecule has 0 saturated carbocycles. The van der Waals surface area contributed by atoms with Crippen LogP contribution in [0.1, 0.15) is 45.7 Å². The molecule has 0 saturated heterocycles. The number of azo groups is 2. The summed E-state index contributed by atoms with van der Waals surface area (Å²) in [4.78, 5) is 78.1. The van der Waals surface area contributed by atoms with Crippen molar-refractivity contribution in [2.75, 3.05) is 21.3 Å². The number of benzene rings is 5. The Labute approximate surface area is 405 Å². The first-order valence-electron chi connectivity index (χ1n) is 18.2. The number of ketones is 2. The van der Waals surface area contributed by atoms with Gasteiger partial charge in [-0.1, -0.05) is 92.8 Å². The predicted molar refractivity (Wildman–Crippen MR) is 253 cm³/mol. The second kappa shape index (κ2) is 21.7. The zero-order valence-corrected chi connectivity index (χ0v) is 39.4. The van der Waals surface area contributed by atoms with E-state index in [1.54, 1.807) is 13.8 Å². The minimum absolute atomic E-state index is 0.0236. The van der Waals surface area contributed by atoms with Gasteiger partial charge >= 0.3 is 0 Å². The van der Waals surface area contributed by atoms with E-state index in [1.807, 2.05) is 0 Å². The fourth-order valence-electron chi connectivity index (χ4n) is 5.53. The first-order valence-corrected chi connectivity index (χ1v) is 21.2. The molecule has 2 atom stereocenters. The van der Waals surface area contributed by atoms with Crippen molar-refractivity contribution in [2.45, 2.75) is 39.8 Å². The molecule has 64 heavy (non-hydrogen) atoms. The van der Waals surface area contributed by atoms with Gasteiger partial charge in [-0.15, -0.1) is 0 Å². The standard InChI is InChI=1S/C42H30Cl8N8O6/c1-17-9-32(54-42(64)38(20(4)60)58-56-26-14-22(12-24(44)16-26)40(62)52-30-8-6-28(46)34(48)36(30)50)18(2)10-31(17)53-41(63)37(19(3)59)57-55-25-13-21(11-23(43)15-25)39(61)51-29-7-5-27(45)33(47)35(29)49/h5-16,37-38H,1-4H3,(H,51,61)(H,52,62)(H,53,63)(H,54,64). The molecular formula is C42H30Cl8N8O6. The Bertz CT molecular complexity index is 2630. The Kier molecular flexibility index (Phi) is 16.9. The molecule has 0 fully saturated rings. The summed E-state index contributed by atoms with van der Waals surface area (Å²) in [6.45, 7) is 5.56. The summed E-state index contributed by atoms with van der Waals surface area (Å²) in [5.41, 5.74) is 2.03. The van der Waals surface area contributed by atoms with Crippen molar-refractivity contribution >= 4 is 162 Å². The van der Waals surface area contributed by atoms with Crippen molar-refractivity contribution in [1.82, 2.24) is 0 Å². The molecule has 14 nitrogen and oxygen atoms in total. The van der Waals surface area contributed by atoms with Crippen LogP contribution in [0.5, 0.6) is 0 Å². The number of carbonyl (C=O) groups excluding carboxylic acids is 6. The summed E-state index contributed by atoms with van der Waals surface area (Å²) in [6, 6.07) is 13.8. The SMILES string of the molecule is CC(=O)C(N=Nc1cc(Cl)cc(C(=O)Nc2ccc(Cl)c(Cl)c2Cl)c1)C(=O)Nc1cc(C)c(NC(=O)C(N=Nc2cc(Cl)cc(C(=O)Nc3ccc(Cl)c(Cl)c3Cl)c2)C(C)=O)cc1C. The van der Waals surface area contributed by atoms with Gasteiger partial charge in [0.2, 0.25) is 12.1 Å². The monoisotopic (exact) mass is 1020 g/mol. The lowest BCUT2D eigenvalue weighted by atomic mass is 10.1. The number of carbonyl (C=O) groups is 6. The summed E-state index contributed by atoms with van der Waals surface area (Å²) >= 11 is 49.1. The van der Waals surface area contributed by atoms with Gasteiger partial charge in [-0.25, -0.2) is 0 Å². The van der Waals surface area contributed by atoms with Gasteiger partial charge in [0.15, 0.2) is 11.6 Å². The quantitative estimate of drug-likeness (QED) is 0.0484. The van der Waals surface area contributed by atoms with Crippen molar-refractivity contribution in [3.63, 3.8) is 0 Å². The summed E-state index contributed by atoms with van der Waals surface area (Å²) in [5.74, 6) is -4.22. The van der Waals surface area contributed by atoms with Crippen molar-refractivity contribution < 1.29 is 28.8 Å². The van der Waals surface area contributed by atoms with Crippen LogP contribution in [0.2, 0.25) is 40.2 Å². The highest BCUT2D eigenvalue weighted by Gasteiger charge is 2.27. The number of hydrogen-bond acceptors (Lipinski definition) is 10. The Morgan fingerprint density at radius 2 is 0.812 bits per heavy atom. The molecule has 22 heteroatoms. The molecule has 0 aromatic heterocycles. The average Bonchev–Trinajstić information content (AvgIpc) is 3.22. The number of halogens is 8. The number of nitrogens with zero attached hydrogens (tertiary/aromatic N) is 4. The number of rotatable bonds is 14. The maximum Gasteiger partial charge on any atom is 0.258 e. The summed E-state index contributed by atoms with van der Waals surface area (Å²) in [7, 11) is 0. The van der Waals surface area contributed by atoms with E-state index in [1.165, 1.54) is 72.8 Å². The van der Waals surface area contributed by atoms with Gasteiger partial charge in [-0.3, -0.25) is 28.8 Å². The van der Waals surface area contributed by atoms with Crippen LogP contribution >= 0.6 is 92.8 Å². The molecule has 4 amide bonds. The van der Waals surface area contributed by atoms with Crippen molar-refractivity contribution in [1.29, 1.82) is 0 Å². The van der Waals surface area contributed by atoms with Crippen LogP contribution in [0.15, 0.2) is 93.3 Å². The average molecular weight is 1030 g/mol. The minimum atomic E-state index is -1.61. The van der Waals surface area contributed by atoms with E-state index in [2.05, 4.69) is 41.7 Å². The van der Waals surface area contributed by atoms with Crippen LogP contribution in [0.3, 0.4) is 0 Å². The number of aryl methyl sites for hydroxylation is 2. The first kappa shape index (κ1) is 49.8. The third-order valence-corrected chi connectivity index (χ3v) is 11.8. The third-order valence-electron chi connectivity index (χ3n) is 8.79. The van der Waals surface area contributed by atoms with Crippen LogP contribution in [0.4, 0.5) is 34.1 Å². The molecule has 5 aromatic rings. The van der Waals surface area contributed by atoms with Gasteiger partial charge in [-0.2, -0.15) is 20.5 Å². The van der Waals surface area contributed by atoms with Gasteiger partial charge in [0.1, 0.15) is 0 Å². The van der Waals surface area contributed by atoms with Crippen LogP contribution in [-0.4, -0.2) is 47.3 Å². The molecule has 0 aliphatic heterocycles. The van der Waals surface area contributed by atoms with Crippen molar-refractivity contribution in [2.24, 2.45) is 20.5 Å². The van der Waals surface area contributed by atoms with Crippen LogP contribution in [-0.2, 0) is 19.2 Å². The molecule has 0 radical (unpaired) electrons. The van der Waals surface area contributed by atoms with E-state index >= 15 is 0 Å². The van der Waals surface area contributed by atoms with E-state index in [0.29, 0.717) is 11.1 Å². The Balaban J connectivity index is 1.27. The Morgan fingerprint density at radius 3 is 1.16 bits per heavy atom. The largest absolute Gasteiger partial charge is 0.324 e. The second-order valence-corrected chi connectivity index (χ2v) is 16.9. The fourth-order valence-corrected chi connectivity index (χ4v) is 7.16. The molecule has 330 valence electrons. The fraction of sp³-hybridized carbons (Fsp3) is 0.143. The van der Waals surface area contributed by atoms with E-state index in [0.717, 1.165) is 13.8 Å². The number of hydrogen-bond donors (Lipinski definition) is 4. The summed E-state index contributed by atoms with van der Waals surface area (Å²) in [6.07, 6.45) is 0. The second-order valence-electron chi connectivity index (χ2n) is 13.7. The van der Waals surface area contributed by atoms with E-state index in [4.69, 9.17) is 92.8 Å².